The Labute approximate surface area is 222 Å². The minimum Gasteiger partial charge on any atom is -0.465 e. The maximum atomic E-state index is 12.2. The highest BCUT2D eigenvalue weighted by Crippen LogP contribution is 2.24. The fraction of sp³-hybridized carbons (Fsp3) is 0.286. The van der Waals surface area contributed by atoms with Crippen LogP contribution in [0.2, 0.25) is 0 Å². The zero-order valence-electron chi connectivity index (χ0n) is 22.0. The van der Waals surface area contributed by atoms with Crippen LogP contribution in [0.4, 0.5) is 11.4 Å². The van der Waals surface area contributed by atoms with E-state index < -0.39 is 0 Å². The second-order valence-corrected chi connectivity index (χ2v) is 9.53. The van der Waals surface area contributed by atoms with Crippen molar-refractivity contribution in [3.05, 3.63) is 93.6 Å². The summed E-state index contributed by atoms with van der Waals surface area (Å²) in [5, 5.41) is 16.5. The summed E-state index contributed by atoms with van der Waals surface area (Å²) in [7, 11) is 1.38. The predicted octanol–water partition coefficient (Wildman–Crippen LogP) is 5.31. The number of benzene rings is 2. The third-order valence-electron chi connectivity index (χ3n) is 6.44. The molecule has 2 N–H and O–H groups in total. The lowest BCUT2D eigenvalue weighted by molar-refractivity contribution is 0.0599. The summed E-state index contributed by atoms with van der Waals surface area (Å²) >= 11 is 5.66. The molecule has 0 aliphatic rings. The Balaban J connectivity index is 1.49. The number of anilines is 2. The van der Waals surface area contributed by atoms with E-state index in [0.717, 1.165) is 39.7 Å². The van der Waals surface area contributed by atoms with E-state index in [2.05, 4.69) is 46.9 Å². The summed E-state index contributed by atoms with van der Waals surface area (Å²) < 4.78 is 8.77. The number of esters is 1. The highest BCUT2D eigenvalue weighted by molar-refractivity contribution is 7.80. The third-order valence-corrected chi connectivity index (χ3v) is 6.64. The van der Waals surface area contributed by atoms with E-state index in [0.29, 0.717) is 23.8 Å². The van der Waals surface area contributed by atoms with Gasteiger partial charge in [0.2, 0.25) is 0 Å². The first-order valence-corrected chi connectivity index (χ1v) is 12.5. The van der Waals surface area contributed by atoms with E-state index in [1.165, 1.54) is 18.2 Å². The van der Waals surface area contributed by atoms with Crippen molar-refractivity contribution in [2.75, 3.05) is 17.7 Å². The van der Waals surface area contributed by atoms with Gasteiger partial charge in [0.25, 0.3) is 0 Å². The number of aryl methyl sites for hydroxylation is 3. The molecule has 37 heavy (non-hydrogen) atoms. The van der Waals surface area contributed by atoms with Gasteiger partial charge >= 0.3 is 5.97 Å². The zero-order valence-corrected chi connectivity index (χ0v) is 22.9. The molecule has 0 radical (unpaired) electrons. The van der Waals surface area contributed by atoms with Crippen LogP contribution in [0.25, 0.3) is 0 Å². The van der Waals surface area contributed by atoms with Gasteiger partial charge in [-0.05, 0) is 64.0 Å². The Hall–Kier alpha value is -3.98. The molecular weight excluding hydrogens is 484 g/mol. The van der Waals surface area contributed by atoms with E-state index in [1.807, 2.05) is 55.3 Å². The van der Waals surface area contributed by atoms with Crippen LogP contribution in [0, 0.1) is 34.6 Å². The monoisotopic (exact) mass is 516 g/mol. The molecule has 2 heterocycles. The number of nitrogens with zero attached hydrogens (tertiary/aromatic N) is 4. The summed E-state index contributed by atoms with van der Waals surface area (Å²) in [6, 6.07) is 15.8. The normalized spacial score (nSPS) is 10.9. The Kier molecular flexibility index (Phi) is 7.73. The smallest absolute Gasteiger partial charge is 0.338 e. The number of carbonyl (C=O) groups is 1. The molecule has 0 saturated heterocycles. The number of rotatable bonds is 7. The molecule has 0 spiro atoms. The van der Waals surface area contributed by atoms with Gasteiger partial charge in [0.1, 0.15) is 0 Å². The number of nitrogens with one attached hydrogen (secondary N) is 2. The Morgan fingerprint density at radius 3 is 1.95 bits per heavy atom. The summed E-state index contributed by atoms with van der Waals surface area (Å²) in [6.45, 7) is 11.1. The van der Waals surface area contributed by atoms with Crippen molar-refractivity contribution in [3.63, 3.8) is 0 Å². The number of aromatic nitrogens is 4. The molecule has 0 atom stereocenters. The number of carbonyl (C=O) groups excluding carboxylic acids is 1. The van der Waals surface area contributed by atoms with Gasteiger partial charge in [-0.1, -0.05) is 48.0 Å². The van der Waals surface area contributed by atoms with Crippen molar-refractivity contribution in [2.45, 2.75) is 47.7 Å². The predicted molar refractivity (Wildman–Crippen MR) is 150 cm³/mol. The van der Waals surface area contributed by atoms with Crippen LogP contribution in [0.1, 0.15) is 49.8 Å². The fourth-order valence-corrected chi connectivity index (χ4v) is 4.52. The third kappa shape index (κ3) is 5.72. The first-order valence-electron chi connectivity index (χ1n) is 12.1. The zero-order chi connectivity index (χ0) is 26.7. The van der Waals surface area contributed by atoms with Crippen LogP contribution < -0.4 is 10.6 Å². The van der Waals surface area contributed by atoms with E-state index in [9.17, 15) is 4.79 Å². The fourth-order valence-electron chi connectivity index (χ4n) is 4.32. The minimum atomic E-state index is -0.366. The standard InChI is InChI=1S/C28H32N6O2S/c1-17-11-13-22(14-12-17)15-33-20(4)25(18(2)31-33)29-28(37)30-26-19(3)32-34(21(26)5)16-23-9-7-8-10-24(23)27(35)36-6/h7-14H,15-16H2,1-6H3,(H2,29,30,37). The molecule has 0 bridgehead atoms. The number of ether oxygens (including phenoxy) is 1. The molecule has 0 fully saturated rings. The molecule has 9 heteroatoms. The van der Waals surface area contributed by atoms with Crippen LogP contribution in [0.3, 0.4) is 0 Å². The summed E-state index contributed by atoms with van der Waals surface area (Å²) in [5.74, 6) is -0.366. The number of methoxy groups -OCH3 is 1. The maximum Gasteiger partial charge on any atom is 0.338 e. The van der Waals surface area contributed by atoms with Crippen molar-refractivity contribution in [1.82, 2.24) is 19.6 Å². The molecule has 4 aromatic rings. The van der Waals surface area contributed by atoms with Gasteiger partial charge in [-0.3, -0.25) is 9.36 Å². The molecule has 0 aliphatic carbocycles. The average molecular weight is 517 g/mol. The molecule has 0 unspecified atom stereocenters. The SMILES string of the molecule is COC(=O)c1ccccc1Cn1nc(C)c(NC(=S)Nc2c(C)nn(Cc3ccc(C)cc3)c2C)c1C. The summed E-state index contributed by atoms with van der Waals surface area (Å²) in [5.41, 5.74) is 9.09. The second kappa shape index (κ2) is 11.0. The van der Waals surface area contributed by atoms with Crippen LogP contribution in [-0.4, -0.2) is 37.8 Å². The molecule has 4 rings (SSSR count). The highest BCUT2D eigenvalue weighted by Gasteiger charge is 2.18. The number of hydrogen-bond acceptors (Lipinski definition) is 5. The Morgan fingerprint density at radius 2 is 1.38 bits per heavy atom. The van der Waals surface area contributed by atoms with Gasteiger partial charge < -0.3 is 15.4 Å². The molecule has 2 aromatic carbocycles. The topological polar surface area (TPSA) is 86.0 Å². The lowest BCUT2D eigenvalue weighted by Gasteiger charge is -2.13. The van der Waals surface area contributed by atoms with Crippen LogP contribution in [-0.2, 0) is 17.8 Å². The Morgan fingerprint density at radius 1 is 0.838 bits per heavy atom. The van der Waals surface area contributed by atoms with Crippen molar-refractivity contribution >= 4 is 34.7 Å². The molecule has 2 aromatic heterocycles. The van der Waals surface area contributed by atoms with Crippen LogP contribution in [0.5, 0.6) is 0 Å². The molecule has 0 amide bonds. The largest absolute Gasteiger partial charge is 0.465 e. The Bertz CT molecular complexity index is 1450. The van der Waals surface area contributed by atoms with E-state index in [-0.39, 0.29) is 5.97 Å². The molecule has 8 nitrogen and oxygen atoms in total. The molecular formula is C28H32N6O2S. The molecule has 0 saturated carbocycles. The highest BCUT2D eigenvalue weighted by atomic mass is 32.1. The van der Waals surface area contributed by atoms with Gasteiger partial charge in [0.05, 0.1) is 59.9 Å². The average Bonchev–Trinajstić information content (AvgIpc) is 3.29. The van der Waals surface area contributed by atoms with E-state index in [1.54, 1.807) is 6.07 Å². The van der Waals surface area contributed by atoms with Gasteiger partial charge in [0.15, 0.2) is 5.11 Å². The van der Waals surface area contributed by atoms with Crippen molar-refractivity contribution in [2.24, 2.45) is 0 Å². The van der Waals surface area contributed by atoms with Crippen molar-refractivity contribution in [3.8, 4) is 0 Å². The van der Waals surface area contributed by atoms with Crippen molar-refractivity contribution < 1.29 is 9.53 Å². The molecule has 0 aliphatic heterocycles. The van der Waals surface area contributed by atoms with Gasteiger partial charge in [-0.25, -0.2) is 4.79 Å². The minimum absolute atomic E-state index is 0.366. The van der Waals surface area contributed by atoms with Crippen LogP contribution in [0.15, 0.2) is 48.5 Å². The summed E-state index contributed by atoms with van der Waals surface area (Å²) in [6.07, 6.45) is 0. The van der Waals surface area contributed by atoms with E-state index in [4.69, 9.17) is 22.1 Å². The second-order valence-electron chi connectivity index (χ2n) is 9.12. The van der Waals surface area contributed by atoms with E-state index >= 15 is 0 Å². The maximum absolute atomic E-state index is 12.2. The van der Waals surface area contributed by atoms with Gasteiger partial charge in [-0.15, -0.1) is 0 Å². The lowest BCUT2D eigenvalue weighted by Crippen LogP contribution is -2.21. The number of hydrogen-bond donors (Lipinski definition) is 2. The summed E-state index contributed by atoms with van der Waals surface area (Å²) in [4.78, 5) is 12.2. The first-order chi connectivity index (χ1) is 17.7. The van der Waals surface area contributed by atoms with Crippen LogP contribution >= 0.6 is 12.2 Å². The first kappa shape index (κ1) is 26.1. The van der Waals surface area contributed by atoms with Gasteiger partial charge in [-0.2, -0.15) is 10.2 Å². The molecule has 192 valence electrons. The lowest BCUT2D eigenvalue weighted by atomic mass is 10.1. The number of thiocarbonyl (C=S) groups is 1. The van der Waals surface area contributed by atoms with Gasteiger partial charge in [0, 0.05) is 0 Å². The quantitative estimate of drug-likeness (QED) is 0.254. The van der Waals surface area contributed by atoms with Crippen molar-refractivity contribution in [1.29, 1.82) is 0 Å².